The first-order chi connectivity index (χ1) is 15.4. The van der Waals surface area contributed by atoms with E-state index in [0.717, 1.165) is 10.0 Å². The highest BCUT2D eigenvalue weighted by Gasteiger charge is 2.34. The summed E-state index contributed by atoms with van der Waals surface area (Å²) in [6.07, 6.45) is 4.68. The molecule has 1 aliphatic rings. The van der Waals surface area contributed by atoms with Crippen molar-refractivity contribution in [3.8, 4) is 11.5 Å². The third-order valence-corrected chi connectivity index (χ3v) is 6.43. The van der Waals surface area contributed by atoms with Gasteiger partial charge in [-0.25, -0.2) is 0 Å². The summed E-state index contributed by atoms with van der Waals surface area (Å²) >= 11 is 7.83. The molecule has 10 heteroatoms. The number of furan rings is 1. The predicted octanol–water partition coefficient (Wildman–Crippen LogP) is 5.72. The summed E-state index contributed by atoms with van der Waals surface area (Å²) in [7, 11) is 0. The molecule has 0 unspecified atom stereocenters. The minimum Gasteiger partial charge on any atom is -0.508 e. The van der Waals surface area contributed by atoms with Crippen LogP contribution in [0.5, 0.6) is 11.5 Å². The van der Waals surface area contributed by atoms with Crippen LogP contribution in [-0.2, 0) is 11.3 Å². The number of hydrogen-bond donors (Lipinski definition) is 2. The van der Waals surface area contributed by atoms with Crippen LogP contribution in [0.4, 0.5) is 0 Å². The van der Waals surface area contributed by atoms with Crippen LogP contribution < -0.4 is 0 Å². The van der Waals surface area contributed by atoms with E-state index in [2.05, 4.69) is 42.1 Å². The van der Waals surface area contributed by atoms with E-state index in [-0.39, 0.29) is 24.0 Å². The maximum atomic E-state index is 13.1. The Bertz CT molecular complexity index is 1240. The minimum atomic E-state index is -0.235. The van der Waals surface area contributed by atoms with Gasteiger partial charge in [0.15, 0.2) is 5.17 Å². The van der Waals surface area contributed by atoms with Crippen molar-refractivity contribution in [2.24, 2.45) is 10.2 Å². The molecule has 1 amide bonds. The van der Waals surface area contributed by atoms with Gasteiger partial charge in [-0.1, -0.05) is 28.1 Å². The van der Waals surface area contributed by atoms with Crippen molar-refractivity contribution in [3.63, 3.8) is 0 Å². The maximum Gasteiger partial charge on any atom is 0.267 e. The Kier molecular flexibility index (Phi) is 6.83. The molecule has 3 aromatic rings. The summed E-state index contributed by atoms with van der Waals surface area (Å²) in [5.74, 6) is 0.556. The highest BCUT2D eigenvalue weighted by atomic mass is 79.9. The molecule has 0 aliphatic carbocycles. The van der Waals surface area contributed by atoms with Crippen LogP contribution in [0.2, 0.25) is 0 Å². The van der Waals surface area contributed by atoms with E-state index in [1.807, 2.05) is 0 Å². The Labute approximate surface area is 204 Å². The zero-order valence-electron chi connectivity index (χ0n) is 16.3. The van der Waals surface area contributed by atoms with Gasteiger partial charge >= 0.3 is 0 Å². The number of halogens is 2. The summed E-state index contributed by atoms with van der Waals surface area (Å²) in [5.41, 5.74) is 1.23. The average Bonchev–Trinajstić information content (AvgIpc) is 3.37. The molecular weight excluding hydrogens is 562 g/mol. The molecule has 1 fully saturated rings. The molecule has 32 heavy (non-hydrogen) atoms. The van der Waals surface area contributed by atoms with Crippen LogP contribution in [-0.4, -0.2) is 32.4 Å². The van der Waals surface area contributed by atoms with Crippen LogP contribution in [0.25, 0.3) is 6.08 Å². The Morgan fingerprint density at radius 1 is 1.12 bits per heavy atom. The number of thioether (sulfide) groups is 1. The van der Waals surface area contributed by atoms with Crippen LogP contribution in [0.3, 0.4) is 0 Å². The second-order valence-corrected chi connectivity index (χ2v) is 9.40. The van der Waals surface area contributed by atoms with E-state index >= 15 is 0 Å². The highest BCUT2D eigenvalue weighted by Crippen LogP contribution is 2.34. The Morgan fingerprint density at radius 3 is 2.62 bits per heavy atom. The largest absolute Gasteiger partial charge is 0.508 e. The molecule has 1 aliphatic heterocycles. The number of phenolic OH excluding ortho intramolecular Hbond substituents is 2. The molecular formula is C22H15Br2N3O4S. The summed E-state index contributed by atoms with van der Waals surface area (Å²) in [4.78, 5) is 15.0. The van der Waals surface area contributed by atoms with Gasteiger partial charge in [0, 0.05) is 10.0 Å². The summed E-state index contributed by atoms with van der Waals surface area (Å²) in [5, 5.41) is 28.4. The molecule has 162 valence electrons. The number of phenols is 2. The lowest BCUT2D eigenvalue weighted by atomic mass is 10.2. The number of carbonyl (C=O) groups excluding carboxylic acids is 1. The van der Waals surface area contributed by atoms with Gasteiger partial charge in [-0.3, -0.25) is 9.69 Å². The second-order valence-electron chi connectivity index (χ2n) is 6.63. The fraction of sp³-hybridized carbons (Fsp3) is 0.0455. The van der Waals surface area contributed by atoms with E-state index in [1.54, 1.807) is 60.9 Å². The van der Waals surface area contributed by atoms with Crippen molar-refractivity contribution >= 4 is 67.0 Å². The van der Waals surface area contributed by atoms with E-state index < -0.39 is 0 Å². The summed E-state index contributed by atoms with van der Waals surface area (Å²) in [6.45, 7) is 0.202. The first kappa shape index (κ1) is 22.4. The molecule has 1 aromatic heterocycles. The monoisotopic (exact) mass is 575 g/mol. The zero-order chi connectivity index (χ0) is 22.7. The first-order valence-corrected chi connectivity index (χ1v) is 11.6. The average molecular weight is 577 g/mol. The smallest absolute Gasteiger partial charge is 0.267 e. The Morgan fingerprint density at radius 2 is 1.91 bits per heavy atom. The minimum absolute atomic E-state index is 0.0349. The lowest BCUT2D eigenvalue weighted by Gasteiger charge is -2.12. The van der Waals surface area contributed by atoms with Crippen molar-refractivity contribution in [1.82, 2.24) is 4.90 Å². The third kappa shape index (κ3) is 5.14. The van der Waals surface area contributed by atoms with E-state index in [9.17, 15) is 15.0 Å². The van der Waals surface area contributed by atoms with Crippen LogP contribution in [0.1, 0.15) is 16.9 Å². The van der Waals surface area contributed by atoms with E-state index in [1.165, 1.54) is 22.9 Å². The maximum absolute atomic E-state index is 13.1. The molecule has 7 nitrogen and oxygen atoms in total. The van der Waals surface area contributed by atoms with E-state index in [4.69, 9.17) is 4.42 Å². The fourth-order valence-corrected chi connectivity index (χ4v) is 5.02. The van der Waals surface area contributed by atoms with Gasteiger partial charge in [0.25, 0.3) is 5.91 Å². The number of amidine groups is 1. The molecule has 0 atom stereocenters. The lowest BCUT2D eigenvalue weighted by Crippen LogP contribution is -2.28. The zero-order valence-corrected chi connectivity index (χ0v) is 20.3. The van der Waals surface area contributed by atoms with Crippen molar-refractivity contribution in [2.75, 3.05) is 0 Å². The molecule has 0 saturated carbocycles. The van der Waals surface area contributed by atoms with Gasteiger partial charge in [-0.05, 0) is 75.7 Å². The SMILES string of the molecule is O=C1/C(=C/c2ccc(O)cc2)S/C(=N/N=C\c2cc(Br)cc(Br)c2O)N1Cc1ccco1. The summed E-state index contributed by atoms with van der Waals surface area (Å²) in [6, 6.07) is 13.5. The van der Waals surface area contributed by atoms with Gasteiger partial charge < -0.3 is 14.6 Å². The van der Waals surface area contributed by atoms with Crippen LogP contribution in [0.15, 0.2) is 83.3 Å². The molecule has 2 aromatic carbocycles. The number of rotatable bonds is 5. The number of amides is 1. The number of aromatic hydroxyl groups is 2. The topological polar surface area (TPSA) is 98.6 Å². The quantitative estimate of drug-likeness (QED) is 0.230. The van der Waals surface area contributed by atoms with Gasteiger partial charge in [-0.15, -0.1) is 5.10 Å². The first-order valence-electron chi connectivity index (χ1n) is 9.22. The molecule has 1 saturated heterocycles. The van der Waals surface area contributed by atoms with Gasteiger partial charge in [0.05, 0.1) is 28.4 Å². The fourth-order valence-electron chi connectivity index (χ4n) is 2.83. The van der Waals surface area contributed by atoms with Crippen molar-refractivity contribution in [1.29, 1.82) is 0 Å². The standard InChI is InChI=1S/C22H15Br2N3O4S/c23-15-9-14(20(29)18(24)10-15)11-25-26-22-27(12-17-2-1-7-31-17)21(30)19(32-22)8-13-3-5-16(28)6-4-13/h1-11,28-29H,12H2/b19-8-,25-11-,26-22+. The molecule has 2 N–H and O–H groups in total. The van der Waals surface area contributed by atoms with Crippen molar-refractivity contribution in [2.45, 2.75) is 6.54 Å². The molecule has 4 rings (SSSR count). The van der Waals surface area contributed by atoms with Gasteiger partial charge in [-0.2, -0.15) is 5.10 Å². The molecule has 0 radical (unpaired) electrons. The highest BCUT2D eigenvalue weighted by molar-refractivity contribution is 9.11. The molecule has 2 heterocycles. The van der Waals surface area contributed by atoms with Crippen molar-refractivity contribution in [3.05, 3.63) is 85.5 Å². The van der Waals surface area contributed by atoms with Gasteiger partial charge in [0.2, 0.25) is 0 Å². The number of hydrogen-bond acceptors (Lipinski definition) is 7. The predicted molar refractivity (Wildman–Crippen MR) is 131 cm³/mol. The number of nitrogens with zero attached hydrogens (tertiary/aromatic N) is 3. The van der Waals surface area contributed by atoms with E-state index in [0.29, 0.717) is 25.9 Å². The number of benzene rings is 2. The lowest BCUT2D eigenvalue weighted by molar-refractivity contribution is -0.122. The normalized spacial score (nSPS) is 16.7. The summed E-state index contributed by atoms with van der Waals surface area (Å²) < 4.78 is 6.67. The molecule has 0 bridgehead atoms. The third-order valence-electron chi connectivity index (χ3n) is 4.37. The van der Waals surface area contributed by atoms with Crippen LogP contribution >= 0.6 is 43.6 Å². The Balaban J connectivity index is 1.64. The second kappa shape index (κ2) is 9.76. The van der Waals surface area contributed by atoms with Gasteiger partial charge in [0.1, 0.15) is 17.3 Å². The molecule has 0 spiro atoms. The number of carbonyl (C=O) groups is 1. The van der Waals surface area contributed by atoms with Crippen molar-refractivity contribution < 1.29 is 19.4 Å². The van der Waals surface area contributed by atoms with Crippen LogP contribution in [0, 0.1) is 0 Å². The Hall–Kier alpha value is -2.82.